The molecule has 0 bridgehead atoms. The second-order valence-electron chi connectivity index (χ2n) is 10.1. The number of hydrogen-bond donors (Lipinski definition) is 3. The highest BCUT2D eigenvalue weighted by Gasteiger charge is 2.48. The van der Waals surface area contributed by atoms with E-state index in [9.17, 15) is 20.1 Å². The number of aliphatic hydroxyl groups is 3. The van der Waals surface area contributed by atoms with Gasteiger partial charge in [-0.2, -0.15) is 0 Å². The first-order valence-corrected chi connectivity index (χ1v) is 12.3. The molecule has 3 aliphatic heterocycles. The van der Waals surface area contributed by atoms with Crippen LogP contribution >= 0.6 is 0 Å². The van der Waals surface area contributed by atoms with Crippen LogP contribution in [0.15, 0.2) is 24.0 Å². The molecule has 0 aromatic carbocycles. The number of ketones is 1. The van der Waals surface area contributed by atoms with Crippen molar-refractivity contribution in [3.8, 4) is 0 Å². The maximum absolute atomic E-state index is 12.6. The topological polar surface area (TPSA) is 129 Å². The highest BCUT2D eigenvalue weighted by atomic mass is 16.6. The molecule has 4 rings (SSSR count). The first-order valence-electron chi connectivity index (χ1n) is 12.3. The van der Waals surface area contributed by atoms with Gasteiger partial charge in [0, 0.05) is 37.3 Å². The highest BCUT2D eigenvalue weighted by molar-refractivity contribution is 6.04. The number of carbonyl (C=O) groups excluding carboxylic acids is 1. The fourth-order valence-corrected chi connectivity index (χ4v) is 4.92. The van der Waals surface area contributed by atoms with Gasteiger partial charge in [0.1, 0.15) is 6.10 Å². The Morgan fingerprint density at radius 3 is 2.50 bits per heavy atom. The molecule has 0 radical (unpaired) electrons. The summed E-state index contributed by atoms with van der Waals surface area (Å²) in [6.07, 6.45) is 4.73. The third kappa shape index (κ3) is 5.83. The van der Waals surface area contributed by atoms with E-state index in [1.54, 1.807) is 19.3 Å². The molecule has 9 heteroatoms. The maximum atomic E-state index is 12.6. The standard InChI is InChI=1S/C25H37N3O6/c1-14(8-19(30)18-11-26-25(27-12-18)28-6-4-5-7-28)9-20-23(32)22(31)17(13-33-20)10-21-24(34-21)15(2)16(3)29/h8,11-12,15-17,20-24,29,31-32H,4-7,9-10,13H2,1-3H3/b14-8+/t15-,16-,17-,20-,21-,22+,23-,24-/m0/s1. The van der Waals surface area contributed by atoms with Gasteiger partial charge >= 0.3 is 0 Å². The van der Waals surface area contributed by atoms with Gasteiger partial charge in [0.2, 0.25) is 5.95 Å². The number of aliphatic hydroxyl groups excluding tert-OH is 3. The summed E-state index contributed by atoms with van der Waals surface area (Å²) in [5, 5.41) is 31.0. The zero-order valence-corrected chi connectivity index (χ0v) is 20.2. The van der Waals surface area contributed by atoms with Gasteiger partial charge in [0.15, 0.2) is 5.78 Å². The van der Waals surface area contributed by atoms with E-state index in [-0.39, 0.29) is 29.8 Å². The lowest BCUT2D eigenvalue weighted by molar-refractivity contribution is -0.165. The lowest BCUT2D eigenvalue weighted by Gasteiger charge is -2.38. The number of nitrogens with zero attached hydrogens (tertiary/aromatic N) is 3. The molecular formula is C25H37N3O6. The molecule has 3 aliphatic rings. The molecule has 4 heterocycles. The van der Waals surface area contributed by atoms with E-state index in [0.29, 0.717) is 31.0 Å². The monoisotopic (exact) mass is 475 g/mol. The van der Waals surface area contributed by atoms with Crippen molar-refractivity contribution in [2.75, 3.05) is 24.6 Å². The number of hydrogen-bond acceptors (Lipinski definition) is 9. The van der Waals surface area contributed by atoms with E-state index in [1.807, 2.05) is 13.8 Å². The number of rotatable bonds is 9. The third-order valence-electron chi connectivity index (χ3n) is 7.39. The number of carbonyl (C=O) groups is 1. The third-order valence-corrected chi connectivity index (χ3v) is 7.39. The molecule has 1 aromatic heterocycles. The molecule has 3 N–H and O–H groups in total. The number of anilines is 1. The predicted molar refractivity (Wildman–Crippen MR) is 126 cm³/mol. The molecule has 0 aliphatic carbocycles. The van der Waals surface area contributed by atoms with Gasteiger partial charge in [-0.3, -0.25) is 4.79 Å². The van der Waals surface area contributed by atoms with Crippen LogP contribution in [0.3, 0.4) is 0 Å². The van der Waals surface area contributed by atoms with Gasteiger partial charge in [0.05, 0.1) is 42.7 Å². The summed E-state index contributed by atoms with van der Waals surface area (Å²) in [5.41, 5.74) is 1.16. The Labute approximate surface area is 200 Å². The highest BCUT2D eigenvalue weighted by Crippen LogP contribution is 2.38. The van der Waals surface area contributed by atoms with Gasteiger partial charge in [-0.1, -0.05) is 12.5 Å². The Bertz CT molecular complexity index is 870. The van der Waals surface area contributed by atoms with E-state index >= 15 is 0 Å². The first kappa shape index (κ1) is 25.2. The molecule has 3 fully saturated rings. The van der Waals surface area contributed by atoms with Crippen molar-refractivity contribution >= 4 is 11.7 Å². The molecule has 0 amide bonds. The van der Waals surface area contributed by atoms with Gasteiger partial charge in [-0.05, 0) is 45.6 Å². The Balaban J connectivity index is 1.27. The van der Waals surface area contributed by atoms with E-state index in [2.05, 4.69) is 14.9 Å². The Morgan fingerprint density at radius 2 is 1.85 bits per heavy atom. The Hall–Kier alpha value is -1.91. The number of ether oxygens (including phenoxy) is 2. The Kier molecular flexibility index (Phi) is 7.99. The lowest BCUT2D eigenvalue weighted by Crippen LogP contribution is -2.50. The molecule has 0 spiro atoms. The minimum Gasteiger partial charge on any atom is -0.393 e. The largest absolute Gasteiger partial charge is 0.393 e. The van der Waals surface area contributed by atoms with Gasteiger partial charge in [0.25, 0.3) is 0 Å². The van der Waals surface area contributed by atoms with Crippen molar-refractivity contribution in [2.24, 2.45) is 11.8 Å². The average Bonchev–Trinajstić information content (AvgIpc) is 3.35. The molecule has 0 unspecified atom stereocenters. The van der Waals surface area contributed by atoms with Crippen LogP contribution in [-0.4, -0.2) is 87.4 Å². The minimum absolute atomic E-state index is 0.0216. The molecule has 188 valence electrons. The normalized spacial score (nSPS) is 33.6. The van der Waals surface area contributed by atoms with Crippen molar-refractivity contribution in [3.63, 3.8) is 0 Å². The minimum atomic E-state index is -1.05. The van der Waals surface area contributed by atoms with E-state index in [1.165, 1.54) is 6.08 Å². The van der Waals surface area contributed by atoms with Crippen molar-refractivity contribution < 1.29 is 29.6 Å². The quantitative estimate of drug-likeness (QED) is 0.276. The van der Waals surface area contributed by atoms with Crippen LogP contribution in [0.5, 0.6) is 0 Å². The lowest BCUT2D eigenvalue weighted by atomic mass is 9.85. The second kappa shape index (κ2) is 10.8. The summed E-state index contributed by atoms with van der Waals surface area (Å²) in [6.45, 7) is 7.69. The van der Waals surface area contributed by atoms with Crippen molar-refractivity contribution in [1.82, 2.24) is 9.97 Å². The van der Waals surface area contributed by atoms with Gasteiger partial charge < -0.3 is 29.7 Å². The Morgan fingerprint density at radius 1 is 1.18 bits per heavy atom. The molecule has 1 aromatic rings. The fourth-order valence-electron chi connectivity index (χ4n) is 4.92. The van der Waals surface area contributed by atoms with Crippen LogP contribution in [0.4, 0.5) is 5.95 Å². The summed E-state index contributed by atoms with van der Waals surface area (Å²) in [5.74, 6) is 0.245. The van der Waals surface area contributed by atoms with E-state index in [4.69, 9.17) is 9.47 Å². The molecule has 3 saturated heterocycles. The van der Waals surface area contributed by atoms with Crippen LogP contribution in [-0.2, 0) is 9.47 Å². The summed E-state index contributed by atoms with van der Waals surface area (Å²) < 4.78 is 11.6. The van der Waals surface area contributed by atoms with Crippen LogP contribution < -0.4 is 4.90 Å². The number of epoxide rings is 1. The predicted octanol–water partition coefficient (Wildman–Crippen LogP) is 1.51. The van der Waals surface area contributed by atoms with Crippen LogP contribution in [0.25, 0.3) is 0 Å². The maximum Gasteiger partial charge on any atom is 0.225 e. The molecule has 0 saturated carbocycles. The summed E-state index contributed by atoms with van der Waals surface area (Å²) in [4.78, 5) is 23.4. The molecule has 8 atom stereocenters. The zero-order valence-electron chi connectivity index (χ0n) is 20.2. The van der Waals surface area contributed by atoms with Gasteiger partial charge in [-0.25, -0.2) is 9.97 Å². The van der Waals surface area contributed by atoms with Gasteiger partial charge in [-0.15, -0.1) is 0 Å². The smallest absolute Gasteiger partial charge is 0.225 e. The average molecular weight is 476 g/mol. The van der Waals surface area contributed by atoms with Crippen molar-refractivity contribution in [3.05, 3.63) is 29.6 Å². The summed E-state index contributed by atoms with van der Waals surface area (Å²) in [6, 6.07) is 0. The van der Waals surface area contributed by atoms with Crippen LogP contribution in [0.2, 0.25) is 0 Å². The summed E-state index contributed by atoms with van der Waals surface area (Å²) in [7, 11) is 0. The van der Waals surface area contributed by atoms with E-state index < -0.39 is 24.4 Å². The van der Waals surface area contributed by atoms with Crippen LogP contribution in [0, 0.1) is 11.8 Å². The van der Waals surface area contributed by atoms with E-state index in [0.717, 1.165) is 31.5 Å². The molecule has 9 nitrogen and oxygen atoms in total. The summed E-state index contributed by atoms with van der Waals surface area (Å²) >= 11 is 0. The number of allylic oxidation sites excluding steroid dienone is 1. The second-order valence-corrected chi connectivity index (χ2v) is 10.1. The fraction of sp³-hybridized carbons (Fsp3) is 0.720. The first-order chi connectivity index (χ1) is 16.2. The van der Waals surface area contributed by atoms with Crippen LogP contribution in [0.1, 0.15) is 56.8 Å². The van der Waals surface area contributed by atoms with Crippen molar-refractivity contribution in [2.45, 2.75) is 83.1 Å². The van der Waals surface area contributed by atoms with Crippen molar-refractivity contribution in [1.29, 1.82) is 0 Å². The number of aromatic nitrogens is 2. The molecular weight excluding hydrogens is 438 g/mol. The molecule has 34 heavy (non-hydrogen) atoms. The zero-order chi connectivity index (χ0) is 24.4. The SMILES string of the molecule is C/C(=C\C(=O)c1cnc(N2CCCC2)nc1)C[C@@H]1OC[C@H](C[C@@H]2O[C@H]2[C@@H](C)[C@H](C)O)[C@@H](O)[C@H]1O.